The van der Waals surface area contributed by atoms with Crippen molar-refractivity contribution in [2.45, 2.75) is 37.8 Å². The molecule has 2 aromatic carbocycles. The summed E-state index contributed by atoms with van der Waals surface area (Å²) in [5, 5.41) is 0. The molecule has 0 spiro atoms. The molecule has 124 valence electrons. The summed E-state index contributed by atoms with van der Waals surface area (Å²) in [5.41, 5.74) is 2.57. The molecule has 4 atom stereocenters. The van der Waals surface area contributed by atoms with Crippen molar-refractivity contribution in [3.05, 3.63) is 71.8 Å². The van der Waals surface area contributed by atoms with Crippen molar-refractivity contribution in [1.82, 2.24) is 4.90 Å². The van der Waals surface area contributed by atoms with Gasteiger partial charge in [0.05, 0.1) is 0 Å². The summed E-state index contributed by atoms with van der Waals surface area (Å²) >= 11 is 0. The lowest BCUT2D eigenvalue weighted by molar-refractivity contribution is -0.134. The number of piperidine rings is 1. The monoisotopic (exact) mass is 319 g/mol. The molecule has 4 rings (SSSR count). The number of rotatable bonds is 4. The molecule has 0 aliphatic carbocycles. The second-order valence-corrected chi connectivity index (χ2v) is 7.37. The Kier molecular flexibility index (Phi) is 4.24. The third-order valence-electron chi connectivity index (χ3n) is 6.06. The molecule has 2 nitrogen and oxygen atoms in total. The Bertz CT molecular complexity index is 637. The van der Waals surface area contributed by atoms with Gasteiger partial charge in [-0.2, -0.15) is 0 Å². The number of carbonyl (C=O) groups is 1. The minimum absolute atomic E-state index is 0.143. The number of hydrogen-bond donors (Lipinski definition) is 0. The van der Waals surface area contributed by atoms with E-state index in [4.69, 9.17) is 0 Å². The van der Waals surface area contributed by atoms with Gasteiger partial charge in [0.15, 0.2) is 0 Å². The van der Waals surface area contributed by atoms with Crippen LogP contribution in [0.2, 0.25) is 0 Å². The average Bonchev–Trinajstić information content (AvgIpc) is 2.93. The van der Waals surface area contributed by atoms with Crippen LogP contribution in [0.4, 0.5) is 0 Å². The molecule has 0 aromatic heterocycles. The first-order valence-corrected chi connectivity index (χ1v) is 9.07. The van der Waals surface area contributed by atoms with Crippen LogP contribution in [0.15, 0.2) is 60.7 Å². The first-order valence-electron chi connectivity index (χ1n) is 9.07. The maximum atomic E-state index is 13.3. The van der Waals surface area contributed by atoms with Crippen LogP contribution in [0.1, 0.15) is 24.0 Å². The van der Waals surface area contributed by atoms with Crippen molar-refractivity contribution in [3.63, 3.8) is 0 Å². The number of nitrogens with zero attached hydrogens (tertiary/aromatic N) is 1. The van der Waals surface area contributed by atoms with E-state index in [1.807, 2.05) is 12.1 Å². The normalized spacial score (nSPS) is 29.8. The Balaban J connectivity index is 1.59. The average molecular weight is 319 g/mol. The van der Waals surface area contributed by atoms with Crippen LogP contribution in [-0.2, 0) is 17.6 Å². The van der Waals surface area contributed by atoms with Gasteiger partial charge in [-0.15, -0.1) is 0 Å². The number of carbonyl (C=O) groups excluding carboxylic acids is 1. The zero-order valence-corrected chi connectivity index (χ0v) is 14.3. The molecule has 2 heteroatoms. The van der Waals surface area contributed by atoms with Gasteiger partial charge in [-0.3, -0.25) is 9.69 Å². The zero-order chi connectivity index (χ0) is 16.5. The van der Waals surface area contributed by atoms with Gasteiger partial charge in [0.2, 0.25) is 0 Å². The van der Waals surface area contributed by atoms with E-state index in [0.717, 1.165) is 25.7 Å². The molecule has 2 unspecified atom stereocenters. The smallest absolute Gasteiger partial charge is 0.142 e. The summed E-state index contributed by atoms with van der Waals surface area (Å²) in [4.78, 5) is 15.8. The summed E-state index contributed by atoms with van der Waals surface area (Å²) < 4.78 is 0. The summed E-state index contributed by atoms with van der Waals surface area (Å²) in [5.74, 6) is 0.781. The van der Waals surface area contributed by atoms with Gasteiger partial charge < -0.3 is 0 Å². The number of hydrogen-bond acceptors (Lipinski definition) is 2. The Morgan fingerprint density at radius 2 is 1.21 bits per heavy atom. The van der Waals surface area contributed by atoms with Gasteiger partial charge in [-0.1, -0.05) is 60.7 Å². The lowest BCUT2D eigenvalue weighted by Gasteiger charge is -2.41. The van der Waals surface area contributed by atoms with Crippen molar-refractivity contribution in [3.8, 4) is 0 Å². The third-order valence-corrected chi connectivity index (χ3v) is 6.06. The molecule has 0 amide bonds. The molecule has 0 saturated carbocycles. The van der Waals surface area contributed by atoms with Gasteiger partial charge in [-0.05, 0) is 43.9 Å². The molecule has 2 fully saturated rings. The summed E-state index contributed by atoms with van der Waals surface area (Å²) in [7, 11) is 2.23. The van der Waals surface area contributed by atoms with Gasteiger partial charge in [-0.25, -0.2) is 0 Å². The van der Waals surface area contributed by atoms with E-state index < -0.39 is 0 Å². The fourth-order valence-corrected chi connectivity index (χ4v) is 4.83. The highest BCUT2D eigenvalue weighted by Crippen LogP contribution is 2.41. The van der Waals surface area contributed by atoms with E-state index in [0.29, 0.717) is 17.9 Å². The van der Waals surface area contributed by atoms with E-state index in [1.54, 1.807) is 0 Å². The van der Waals surface area contributed by atoms with Crippen LogP contribution < -0.4 is 0 Å². The number of benzene rings is 2. The molecule has 2 saturated heterocycles. The standard InChI is InChI=1S/C22H25NO/c1-23-20-12-13-21(23)19(15-17-10-6-3-7-11-17)22(24)18(20)14-16-8-4-2-5-9-16/h2-11,18-21H,12-15H2,1H3/t18?,19?,20-,21+. The van der Waals surface area contributed by atoms with Crippen LogP contribution in [0.3, 0.4) is 0 Å². The molecule has 2 aliphatic rings. The highest BCUT2D eigenvalue weighted by Gasteiger charge is 2.50. The maximum absolute atomic E-state index is 13.3. The van der Waals surface area contributed by atoms with Gasteiger partial charge in [0.1, 0.15) is 5.78 Å². The number of ketones is 1. The first kappa shape index (κ1) is 15.6. The molecule has 24 heavy (non-hydrogen) atoms. The van der Waals surface area contributed by atoms with Gasteiger partial charge in [0.25, 0.3) is 0 Å². The highest BCUT2D eigenvalue weighted by atomic mass is 16.1. The Hall–Kier alpha value is -1.93. The predicted molar refractivity (Wildman–Crippen MR) is 96.9 cm³/mol. The Morgan fingerprint density at radius 3 is 1.62 bits per heavy atom. The minimum Gasteiger partial charge on any atom is -0.299 e. The summed E-state index contributed by atoms with van der Waals surface area (Å²) in [6.45, 7) is 0. The zero-order valence-electron chi connectivity index (χ0n) is 14.3. The summed E-state index contributed by atoms with van der Waals surface area (Å²) in [6.07, 6.45) is 4.09. The van der Waals surface area contributed by atoms with Crippen molar-refractivity contribution in [1.29, 1.82) is 0 Å². The van der Waals surface area contributed by atoms with Gasteiger partial charge >= 0.3 is 0 Å². The van der Waals surface area contributed by atoms with E-state index >= 15 is 0 Å². The molecule has 0 radical (unpaired) electrons. The van der Waals surface area contributed by atoms with Crippen LogP contribution in [-0.4, -0.2) is 29.8 Å². The fourth-order valence-electron chi connectivity index (χ4n) is 4.83. The van der Waals surface area contributed by atoms with Crippen molar-refractivity contribution >= 4 is 5.78 Å². The van der Waals surface area contributed by atoms with Crippen LogP contribution in [0, 0.1) is 11.8 Å². The van der Waals surface area contributed by atoms with Crippen molar-refractivity contribution in [2.24, 2.45) is 11.8 Å². The lowest BCUT2D eigenvalue weighted by atomic mass is 9.76. The van der Waals surface area contributed by atoms with Crippen molar-refractivity contribution < 1.29 is 4.79 Å². The topological polar surface area (TPSA) is 20.3 Å². The van der Waals surface area contributed by atoms with Crippen LogP contribution >= 0.6 is 0 Å². The quantitative estimate of drug-likeness (QED) is 0.855. The predicted octanol–water partition coefficient (Wildman–Crippen LogP) is 3.75. The molecule has 2 aromatic rings. The fraction of sp³-hybridized carbons (Fsp3) is 0.409. The van der Waals surface area contributed by atoms with Gasteiger partial charge in [0, 0.05) is 23.9 Å². The Labute approximate surface area is 144 Å². The lowest BCUT2D eigenvalue weighted by Crippen LogP contribution is -2.53. The van der Waals surface area contributed by atoms with E-state index in [2.05, 4.69) is 60.5 Å². The molecule has 2 bridgehead atoms. The van der Waals surface area contributed by atoms with E-state index in [-0.39, 0.29) is 11.8 Å². The maximum Gasteiger partial charge on any atom is 0.142 e. The Morgan fingerprint density at radius 1 is 0.792 bits per heavy atom. The summed E-state index contributed by atoms with van der Waals surface area (Å²) in [6, 6.07) is 21.9. The third kappa shape index (κ3) is 2.80. The second kappa shape index (κ2) is 6.52. The molecule has 2 heterocycles. The SMILES string of the molecule is CN1[C@@H]2CC[C@H]1C(Cc1ccccc1)C(=O)C2Cc1ccccc1. The number of fused-ring (bicyclic) bond motifs is 2. The van der Waals surface area contributed by atoms with Crippen LogP contribution in [0.25, 0.3) is 0 Å². The number of Topliss-reactive ketones (excluding diaryl/α,β-unsaturated/α-hetero) is 1. The molecular weight excluding hydrogens is 294 g/mol. The minimum atomic E-state index is 0.143. The second-order valence-electron chi connectivity index (χ2n) is 7.37. The highest BCUT2D eigenvalue weighted by molar-refractivity contribution is 5.86. The molecule has 2 aliphatic heterocycles. The van der Waals surface area contributed by atoms with Crippen LogP contribution in [0.5, 0.6) is 0 Å². The first-order chi connectivity index (χ1) is 11.7. The molecule has 0 N–H and O–H groups in total. The van der Waals surface area contributed by atoms with E-state index in [1.165, 1.54) is 11.1 Å². The van der Waals surface area contributed by atoms with Crippen molar-refractivity contribution in [2.75, 3.05) is 7.05 Å². The van der Waals surface area contributed by atoms with E-state index in [9.17, 15) is 4.79 Å². The molecular formula is C22H25NO. The largest absolute Gasteiger partial charge is 0.299 e.